The summed E-state index contributed by atoms with van der Waals surface area (Å²) < 4.78 is 49.0. The molecule has 12 heteroatoms. The second kappa shape index (κ2) is 8.28. The van der Waals surface area contributed by atoms with E-state index in [-0.39, 0.29) is 39.0 Å². The summed E-state index contributed by atoms with van der Waals surface area (Å²) in [6.07, 6.45) is 0. The molecule has 160 valence electrons. The van der Waals surface area contributed by atoms with E-state index < -0.39 is 21.7 Å². The Morgan fingerprint density at radius 3 is 2.53 bits per heavy atom. The van der Waals surface area contributed by atoms with E-state index in [9.17, 15) is 18.0 Å². The van der Waals surface area contributed by atoms with E-state index in [2.05, 4.69) is 9.46 Å². The Balaban J connectivity index is 2.01. The topological polar surface area (TPSA) is 126 Å². The van der Waals surface area contributed by atoms with E-state index in [1.807, 2.05) is 0 Å². The molecule has 1 aromatic heterocycles. The van der Waals surface area contributed by atoms with E-state index in [4.69, 9.17) is 25.5 Å². The van der Waals surface area contributed by atoms with Gasteiger partial charge < -0.3 is 18.6 Å². The number of nitrogens with one attached hydrogen (secondary N) is 1. The number of benzene rings is 2. The van der Waals surface area contributed by atoms with E-state index in [1.54, 1.807) is 0 Å². The molecule has 0 fully saturated rings. The molecule has 0 saturated heterocycles. The number of hydrogen-bond donors (Lipinski definition) is 1. The van der Waals surface area contributed by atoms with Gasteiger partial charge in [-0.05, 0) is 12.1 Å². The third-order valence-electron chi connectivity index (χ3n) is 4.18. The molecule has 3 aromatic rings. The summed E-state index contributed by atoms with van der Waals surface area (Å²) in [7, 11) is -0.154. The van der Waals surface area contributed by atoms with Gasteiger partial charge in [0.1, 0.15) is 23.7 Å². The van der Waals surface area contributed by atoms with Crippen LogP contribution in [0.5, 0.6) is 11.5 Å². The molecule has 3 rings (SSSR count). The molecule has 0 radical (unpaired) electrons. The SMILES string of the molecule is COC(=O)Cn1c(=O)oc2cc(S(=O)(=O)Nc3c(Cl)cc(OC)cc3OC)ccc21. The van der Waals surface area contributed by atoms with Gasteiger partial charge >= 0.3 is 11.7 Å². The second-order valence-electron chi connectivity index (χ2n) is 5.95. The molecule has 0 aliphatic rings. The normalized spacial score (nSPS) is 11.3. The average Bonchev–Trinajstić information content (AvgIpc) is 3.03. The van der Waals surface area contributed by atoms with Crippen molar-refractivity contribution in [2.45, 2.75) is 11.4 Å². The third kappa shape index (κ3) is 4.07. The number of carbonyl (C=O) groups excluding carboxylic acids is 1. The monoisotopic (exact) mass is 456 g/mol. The number of oxazole rings is 1. The van der Waals surface area contributed by atoms with Crippen molar-refractivity contribution in [3.8, 4) is 11.5 Å². The van der Waals surface area contributed by atoms with Crippen LogP contribution in [0.25, 0.3) is 11.1 Å². The molecule has 0 amide bonds. The maximum absolute atomic E-state index is 12.9. The van der Waals surface area contributed by atoms with E-state index in [0.29, 0.717) is 5.75 Å². The number of halogens is 1. The van der Waals surface area contributed by atoms with Crippen LogP contribution < -0.4 is 20.0 Å². The number of esters is 1. The Labute approximate surface area is 175 Å². The van der Waals surface area contributed by atoms with Crippen LogP contribution in [0.2, 0.25) is 5.02 Å². The highest BCUT2D eigenvalue weighted by Gasteiger charge is 2.22. The van der Waals surface area contributed by atoms with Crippen molar-refractivity contribution < 1.29 is 31.8 Å². The highest BCUT2D eigenvalue weighted by atomic mass is 35.5. The number of hydrogen-bond acceptors (Lipinski definition) is 8. The average molecular weight is 457 g/mol. The summed E-state index contributed by atoms with van der Waals surface area (Å²) in [4.78, 5) is 23.3. The molecule has 0 saturated carbocycles. The molecule has 30 heavy (non-hydrogen) atoms. The van der Waals surface area contributed by atoms with Gasteiger partial charge in [0.2, 0.25) is 0 Å². The lowest BCUT2D eigenvalue weighted by atomic mass is 10.3. The van der Waals surface area contributed by atoms with Crippen LogP contribution in [0.1, 0.15) is 0 Å². The number of methoxy groups -OCH3 is 3. The Hall–Kier alpha value is -3.18. The highest BCUT2D eigenvalue weighted by molar-refractivity contribution is 7.92. The Kier molecular flexibility index (Phi) is 5.94. The predicted molar refractivity (Wildman–Crippen MR) is 108 cm³/mol. The lowest BCUT2D eigenvalue weighted by Crippen LogP contribution is -2.20. The Morgan fingerprint density at radius 1 is 1.17 bits per heavy atom. The van der Waals surface area contributed by atoms with Gasteiger partial charge in [-0.25, -0.2) is 13.2 Å². The summed E-state index contributed by atoms with van der Waals surface area (Å²) >= 11 is 6.17. The lowest BCUT2D eigenvalue weighted by Gasteiger charge is -2.15. The number of fused-ring (bicyclic) bond motifs is 1. The second-order valence-corrected chi connectivity index (χ2v) is 8.04. The smallest absolute Gasteiger partial charge is 0.420 e. The van der Waals surface area contributed by atoms with Gasteiger partial charge in [-0.3, -0.25) is 14.1 Å². The molecule has 0 bridgehead atoms. The fourth-order valence-corrected chi connectivity index (χ4v) is 4.10. The lowest BCUT2D eigenvalue weighted by molar-refractivity contribution is -0.141. The number of ether oxygens (including phenoxy) is 3. The molecule has 0 aliphatic heterocycles. The minimum Gasteiger partial charge on any atom is -0.497 e. The molecular weight excluding hydrogens is 440 g/mol. The Morgan fingerprint density at radius 2 is 1.90 bits per heavy atom. The van der Waals surface area contributed by atoms with Crippen molar-refractivity contribution in [1.82, 2.24) is 4.57 Å². The summed E-state index contributed by atoms with van der Waals surface area (Å²) in [6, 6.07) is 6.68. The number of rotatable bonds is 7. The fraction of sp³-hybridized carbons (Fsp3) is 0.222. The summed E-state index contributed by atoms with van der Waals surface area (Å²) in [5.41, 5.74) is 0.244. The molecule has 10 nitrogen and oxygen atoms in total. The molecule has 0 atom stereocenters. The van der Waals surface area contributed by atoms with Crippen molar-refractivity contribution in [2.75, 3.05) is 26.1 Å². The van der Waals surface area contributed by atoms with Crippen LogP contribution in [-0.2, 0) is 26.1 Å². The number of carbonyl (C=O) groups is 1. The zero-order valence-corrected chi connectivity index (χ0v) is 17.7. The largest absolute Gasteiger partial charge is 0.497 e. The molecule has 0 aliphatic carbocycles. The Bertz CT molecular complexity index is 1280. The first-order valence-corrected chi connectivity index (χ1v) is 10.2. The summed E-state index contributed by atoms with van der Waals surface area (Å²) in [5, 5.41) is 0.0617. The zero-order valence-electron chi connectivity index (χ0n) is 16.1. The summed E-state index contributed by atoms with van der Waals surface area (Å²) in [5.74, 6) is -0.938. The molecule has 2 aromatic carbocycles. The van der Waals surface area contributed by atoms with E-state index in [1.165, 1.54) is 45.6 Å². The molecule has 1 heterocycles. The van der Waals surface area contributed by atoms with Gasteiger partial charge in [0.25, 0.3) is 10.0 Å². The van der Waals surface area contributed by atoms with E-state index >= 15 is 0 Å². The van der Waals surface area contributed by atoms with Gasteiger partial charge in [0.05, 0.1) is 36.8 Å². The van der Waals surface area contributed by atoms with E-state index in [0.717, 1.165) is 10.6 Å². The molecule has 0 unspecified atom stereocenters. The summed E-state index contributed by atoms with van der Waals surface area (Å²) in [6.45, 7) is -0.370. The number of aromatic nitrogens is 1. The minimum atomic E-state index is -4.13. The van der Waals surface area contributed by atoms with Gasteiger partial charge in [-0.1, -0.05) is 11.6 Å². The third-order valence-corrected chi connectivity index (χ3v) is 5.83. The predicted octanol–water partition coefficient (Wildman–Crippen LogP) is 2.24. The molecular formula is C18H17ClN2O8S. The van der Waals surface area contributed by atoms with Crippen molar-refractivity contribution in [3.63, 3.8) is 0 Å². The first kappa shape index (κ1) is 21.5. The zero-order chi connectivity index (χ0) is 22.1. The van der Waals surface area contributed by atoms with Gasteiger partial charge in [-0.15, -0.1) is 0 Å². The maximum atomic E-state index is 12.9. The first-order valence-electron chi connectivity index (χ1n) is 8.34. The van der Waals surface area contributed by atoms with Crippen LogP contribution in [0.3, 0.4) is 0 Å². The number of anilines is 1. The molecule has 1 N–H and O–H groups in total. The van der Waals surface area contributed by atoms with Crippen LogP contribution >= 0.6 is 11.6 Å². The van der Waals surface area contributed by atoms with Crippen LogP contribution in [0.15, 0.2) is 44.4 Å². The van der Waals surface area contributed by atoms with Crippen molar-refractivity contribution in [1.29, 1.82) is 0 Å². The number of nitrogens with zero attached hydrogens (tertiary/aromatic N) is 1. The maximum Gasteiger partial charge on any atom is 0.420 e. The minimum absolute atomic E-state index is 0.0143. The number of sulfonamides is 1. The van der Waals surface area contributed by atoms with Gasteiger partial charge in [-0.2, -0.15) is 0 Å². The van der Waals surface area contributed by atoms with Crippen molar-refractivity contribution in [2.24, 2.45) is 0 Å². The first-order chi connectivity index (χ1) is 14.2. The van der Waals surface area contributed by atoms with Crippen LogP contribution in [-0.4, -0.2) is 40.3 Å². The van der Waals surface area contributed by atoms with Gasteiger partial charge in [0, 0.05) is 18.2 Å². The molecule has 0 spiro atoms. The van der Waals surface area contributed by atoms with Crippen molar-refractivity contribution in [3.05, 3.63) is 45.9 Å². The quantitative estimate of drug-likeness (QED) is 0.536. The van der Waals surface area contributed by atoms with Crippen LogP contribution in [0.4, 0.5) is 5.69 Å². The van der Waals surface area contributed by atoms with Crippen molar-refractivity contribution >= 4 is 44.4 Å². The van der Waals surface area contributed by atoms with Gasteiger partial charge in [0.15, 0.2) is 5.58 Å². The van der Waals surface area contributed by atoms with Crippen LogP contribution in [0, 0.1) is 0 Å². The highest BCUT2D eigenvalue weighted by Crippen LogP contribution is 2.38. The standard InChI is InChI=1S/C18H17ClN2O8S/c1-26-10-6-12(19)17(15(7-10)27-2)20-30(24,25)11-4-5-13-14(8-11)29-18(23)21(13)9-16(22)28-3/h4-8,20H,9H2,1-3H3. The fourth-order valence-electron chi connectivity index (χ4n) is 2.69.